The highest BCUT2D eigenvalue weighted by atomic mass is 16.5. The number of carboxylic acid groups (broad SMARTS) is 1. The van der Waals surface area contributed by atoms with Crippen LogP contribution in [0, 0.1) is 29.6 Å². The SMILES string of the molecule is CCC[N+](C)(C)CC[N+](C)(C)Cc1ccc(C(CC(C)C(=O)OC[N+](C)(C)CC)CC2CC(NC(C)=O)CC2C(CC(CC)C(N)=O)C(=O)[O-])cc1. The number of quaternary nitrogens is 3. The number of carbonyl (C=O) groups excluding carboxylic acids is 4. The predicted octanol–water partition coefficient (Wildman–Crippen LogP) is 3.64. The van der Waals surface area contributed by atoms with Gasteiger partial charge in [-0.25, -0.2) is 0 Å². The molecule has 11 nitrogen and oxygen atoms in total. The van der Waals surface area contributed by atoms with E-state index in [1.54, 1.807) is 0 Å². The van der Waals surface area contributed by atoms with Crippen molar-refractivity contribution in [1.82, 2.24) is 5.32 Å². The van der Waals surface area contributed by atoms with Crippen molar-refractivity contribution in [2.24, 2.45) is 35.3 Å². The highest BCUT2D eigenvalue weighted by molar-refractivity contribution is 5.78. The number of nitrogens with one attached hydrogen (secondary N) is 1. The van der Waals surface area contributed by atoms with Gasteiger partial charge in [0.25, 0.3) is 0 Å². The van der Waals surface area contributed by atoms with Crippen LogP contribution >= 0.6 is 0 Å². The summed E-state index contributed by atoms with van der Waals surface area (Å²) in [5.74, 6) is -4.44. The Balaban J connectivity index is 2.44. The van der Waals surface area contributed by atoms with E-state index in [9.17, 15) is 24.3 Å². The second-order valence-electron chi connectivity index (χ2n) is 17.8. The van der Waals surface area contributed by atoms with Crippen LogP contribution in [0.25, 0.3) is 0 Å². The number of carbonyl (C=O) groups is 4. The summed E-state index contributed by atoms with van der Waals surface area (Å²) in [5, 5.41) is 15.7. The number of nitrogens with zero attached hydrogens (tertiary/aromatic N) is 3. The highest BCUT2D eigenvalue weighted by Gasteiger charge is 2.42. The van der Waals surface area contributed by atoms with Gasteiger partial charge in [0.2, 0.25) is 18.5 Å². The fourth-order valence-electron chi connectivity index (χ4n) is 8.02. The molecule has 2 rings (SSSR count). The number of rotatable bonds is 23. The molecule has 11 heteroatoms. The van der Waals surface area contributed by atoms with Crippen LogP contribution in [0.5, 0.6) is 0 Å². The molecule has 1 aromatic carbocycles. The van der Waals surface area contributed by atoms with Gasteiger partial charge in [-0.2, -0.15) is 0 Å². The molecular weight excluding hydrogens is 658 g/mol. The van der Waals surface area contributed by atoms with Crippen LogP contribution in [-0.2, 0) is 30.5 Å². The van der Waals surface area contributed by atoms with Crippen LogP contribution in [0.2, 0.25) is 0 Å². The summed E-state index contributed by atoms with van der Waals surface area (Å²) in [6, 6.07) is 8.51. The summed E-state index contributed by atoms with van der Waals surface area (Å²) in [6.07, 6.45) is 3.95. The van der Waals surface area contributed by atoms with Crippen LogP contribution in [0.15, 0.2) is 24.3 Å². The van der Waals surface area contributed by atoms with Crippen molar-refractivity contribution in [2.75, 3.05) is 75.2 Å². The Labute approximate surface area is 315 Å². The van der Waals surface area contributed by atoms with Crippen molar-refractivity contribution >= 4 is 23.8 Å². The molecule has 1 saturated carbocycles. The molecule has 0 heterocycles. The normalized spacial score (nSPS) is 20.5. The first-order valence-electron chi connectivity index (χ1n) is 19.6. The molecule has 0 radical (unpaired) electrons. The Morgan fingerprint density at radius 1 is 0.904 bits per heavy atom. The van der Waals surface area contributed by atoms with Gasteiger partial charge in [-0.05, 0) is 75.2 Å². The number of hydrogen-bond acceptors (Lipinski definition) is 6. The topological polar surface area (TPSA) is 139 Å². The fourth-order valence-corrected chi connectivity index (χ4v) is 8.02. The van der Waals surface area contributed by atoms with E-state index in [4.69, 9.17) is 10.5 Å². The molecule has 1 fully saturated rings. The average Bonchev–Trinajstić information content (AvgIpc) is 3.43. The van der Waals surface area contributed by atoms with Crippen molar-refractivity contribution in [3.05, 3.63) is 35.4 Å². The quantitative estimate of drug-likeness (QED) is 0.100. The van der Waals surface area contributed by atoms with Crippen LogP contribution < -0.4 is 16.2 Å². The molecule has 52 heavy (non-hydrogen) atoms. The lowest BCUT2D eigenvalue weighted by Gasteiger charge is -2.35. The van der Waals surface area contributed by atoms with E-state index >= 15 is 0 Å². The molecule has 2 amide bonds. The summed E-state index contributed by atoms with van der Waals surface area (Å²) in [7, 11) is 13.2. The van der Waals surface area contributed by atoms with E-state index in [0.717, 1.165) is 53.7 Å². The van der Waals surface area contributed by atoms with Gasteiger partial charge in [0.15, 0.2) is 0 Å². The lowest BCUT2D eigenvalue weighted by molar-refractivity contribution is -0.952. The third-order valence-electron chi connectivity index (χ3n) is 11.7. The number of likely N-dealkylation sites (N-methyl/N-ethyl adjacent to an activating group) is 2. The Morgan fingerprint density at radius 2 is 1.52 bits per heavy atom. The molecular formula is C41H73N5O6+2. The molecule has 0 bridgehead atoms. The molecule has 0 saturated heterocycles. The number of esters is 1. The van der Waals surface area contributed by atoms with Gasteiger partial charge in [-0.3, -0.25) is 18.9 Å². The van der Waals surface area contributed by atoms with Crippen molar-refractivity contribution in [1.29, 1.82) is 0 Å². The van der Waals surface area contributed by atoms with Gasteiger partial charge in [0, 0.05) is 36.3 Å². The maximum Gasteiger partial charge on any atom is 0.312 e. The molecule has 7 atom stereocenters. The van der Waals surface area contributed by atoms with E-state index in [0.29, 0.717) is 36.6 Å². The minimum Gasteiger partial charge on any atom is -0.550 e. The number of benzene rings is 1. The lowest BCUT2D eigenvalue weighted by atomic mass is 9.73. The summed E-state index contributed by atoms with van der Waals surface area (Å²) >= 11 is 0. The lowest BCUT2D eigenvalue weighted by Crippen LogP contribution is -2.50. The van der Waals surface area contributed by atoms with Crippen LogP contribution in [0.3, 0.4) is 0 Å². The van der Waals surface area contributed by atoms with E-state index in [1.807, 2.05) is 27.9 Å². The van der Waals surface area contributed by atoms with Crippen molar-refractivity contribution in [2.45, 2.75) is 98.1 Å². The van der Waals surface area contributed by atoms with Crippen molar-refractivity contribution in [3.8, 4) is 0 Å². The summed E-state index contributed by atoms with van der Waals surface area (Å²) in [5.41, 5.74) is 7.99. The summed E-state index contributed by atoms with van der Waals surface area (Å²) in [4.78, 5) is 50.4. The summed E-state index contributed by atoms with van der Waals surface area (Å²) < 4.78 is 8.22. The summed E-state index contributed by atoms with van der Waals surface area (Å²) in [6.45, 7) is 14.8. The number of aliphatic carboxylic acids is 1. The van der Waals surface area contributed by atoms with E-state index in [2.05, 4.69) is 71.6 Å². The zero-order chi connectivity index (χ0) is 39.4. The first-order chi connectivity index (χ1) is 24.1. The number of hydrogen-bond donors (Lipinski definition) is 2. The molecule has 1 aromatic rings. The molecule has 3 N–H and O–H groups in total. The van der Waals surface area contributed by atoms with Crippen LogP contribution in [0.4, 0.5) is 0 Å². The van der Waals surface area contributed by atoms with Crippen molar-refractivity contribution < 1.29 is 42.5 Å². The molecule has 0 aliphatic heterocycles. The highest BCUT2D eigenvalue weighted by Crippen LogP contribution is 2.46. The van der Waals surface area contributed by atoms with Gasteiger partial charge < -0.3 is 34.7 Å². The van der Waals surface area contributed by atoms with Crippen LogP contribution in [0.1, 0.15) is 96.6 Å². The number of primary amides is 1. The van der Waals surface area contributed by atoms with E-state index in [1.165, 1.54) is 12.5 Å². The molecule has 0 aromatic heterocycles. The smallest absolute Gasteiger partial charge is 0.312 e. The standard InChI is InChI=1S/C41H71N5O6/c1-12-19-45(8,9)20-21-46(10,11)27-31-15-17-33(18-16-31)34(22-29(4)41(51)52-28-44(6,7)14-3)23-35-24-36(43-30(5)47)26-37(35)38(40(49)50)25-32(13-2)39(42)48/h15-18,29,32,34-38H,12-14,19-28H2,1-11H3,(H-3,42,43,47,48,49,50)/p+2. The van der Waals surface area contributed by atoms with Gasteiger partial charge in [0.1, 0.15) is 19.6 Å². The zero-order valence-corrected chi connectivity index (χ0v) is 34.4. The van der Waals surface area contributed by atoms with E-state index in [-0.39, 0.29) is 54.7 Å². The van der Waals surface area contributed by atoms with Gasteiger partial charge in [-0.15, -0.1) is 0 Å². The molecule has 1 aliphatic carbocycles. The second kappa shape index (κ2) is 19.9. The number of amides is 2. The van der Waals surface area contributed by atoms with E-state index < -0.39 is 23.7 Å². The first kappa shape index (κ1) is 45.1. The molecule has 0 spiro atoms. The Bertz CT molecular complexity index is 1310. The zero-order valence-electron chi connectivity index (χ0n) is 34.4. The first-order valence-corrected chi connectivity index (χ1v) is 19.6. The largest absolute Gasteiger partial charge is 0.550 e. The molecule has 1 aliphatic rings. The number of ether oxygens (including phenoxy) is 1. The Hall–Kier alpha value is -3.02. The Morgan fingerprint density at radius 3 is 2.04 bits per heavy atom. The van der Waals surface area contributed by atoms with Gasteiger partial charge >= 0.3 is 5.97 Å². The van der Waals surface area contributed by atoms with Crippen LogP contribution in [-0.4, -0.2) is 118 Å². The molecule has 7 unspecified atom stereocenters. The Kier molecular flexibility index (Phi) is 17.3. The van der Waals surface area contributed by atoms with Crippen molar-refractivity contribution in [3.63, 3.8) is 0 Å². The minimum absolute atomic E-state index is 0.0657. The maximum atomic E-state index is 13.3. The maximum absolute atomic E-state index is 13.3. The monoisotopic (exact) mass is 732 g/mol. The van der Waals surface area contributed by atoms with Gasteiger partial charge in [-0.1, -0.05) is 45.0 Å². The predicted molar refractivity (Wildman–Crippen MR) is 204 cm³/mol. The average molecular weight is 732 g/mol. The number of nitrogens with two attached hydrogens (primary N) is 1. The fraction of sp³-hybridized carbons (Fsp3) is 0.756. The minimum atomic E-state index is -1.19. The number of carboxylic acids is 1. The molecule has 296 valence electrons. The van der Waals surface area contributed by atoms with Gasteiger partial charge in [0.05, 0.1) is 61.3 Å². The third kappa shape index (κ3) is 14.8. The third-order valence-corrected chi connectivity index (χ3v) is 11.7. The second-order valence-corrected chi connectivity index (χ2v) is 17.8.